The molecule has 1 aromatic heterocycles. The number of imidazole rings is 1. The highest BCUT2D eigenvalue weighted by Gasteiger charge is 2.41. The molecule has 0 saturated carbocycles. The molecule has 2 saturated heterocycles. The second-order valence-electron chi connectivity index (χ2n) is 6.85. The van der Waals surface area contributed by atoms with Crippen molar-refractivity contribution in [2.24, 2.45) is 7.05 Å². The van der Waals surface area contributed by atoms with Crippen LogP contribution in [0.3, 0.4) is 0 Å². The van der Waals surface area contributed by atoms with E-state index >= 15 is 0 Å². The molecule has 0 radical (unpaired) electrons. The van der Waals surface area contributed by atoms with Crippen LogP contribution in [0.4, 0.5) is 10.1 Å². The van der Waals surface area contributed by atoms with Crippen molar-refractivity contribution in [3.05, 3.63) is 42.6 Å². The first-order chi connectivity index (χ1) is 12.4. The van der Waals surface area contributed by atoms with Crippen LogP contribution >= 0.6 is 0 Å². The fourth-order valence-electron chi connectivity index (χ4n) is 3.50. The van der Waals surface area contributed by atoms with Gasteiger partial charge in [0.15, 0.2) is 5.03 Å². The summed E-state index contributed by atoms with van der Waals surface area (Å²) in [7, 11) is -1.73. The smallest absolute Gasteiger partial charge is 0.262 e. The zero-order chi connectivity index (χ0) is 18.3. The minimum absolute atomic E-state index is 0.111. The molecule has 0 bridgehead atoms. The van der Waals surface area contributed by atoms with E-state index < -0.39 is 10.0 Å². The number of hydrogen-bond acceptors (Lipinski definition) is 5. The van der Waals surface area contributed by atoms with E-state index in [2.05, 4.69) is 14.8 Å². The van der Waals surface area contributed by atoms with Crippen molar-refractivity contribution < 1.29 is 12.8 Å². The van der Waals surface area contributed by atoms with Crippen LogP contribution in [0.25, 0.3) is 0 Å². The summed E-state index contributed by atoms with van der Waals surface area (Å²) >= 11 is 0. The number of rotatable bonds is 4. The molecular weight excluding hydrogens is 357 g/mol. The molecule has 0 spiro atoms. The van der Waals surface area contributed by atoms with Crippen LogP contribution in [0.1, 0.15) is 0 Å². The SMILES string of the molecule is Cn1cnc(S(=O)(=O)N2CC(N3CCN(c4ccc(F)cc4)CC3)C2)c1. The summed E-state index contributed by atoms with van der Waals surface area (Å²) in [4.78, 5) is 8.53. The zero-order valence-electron chi connectivity index (χ0n) is 14.6. The van der Waals surface area contributed by atoms with Gasteiger partial charge in [-0.25, -0.2) is 17.8 Å². The van der Waals surface area contributed by atoms with Crippen LogP contribution < -0.4 is 4.90 Å². The van der Waals surface area contributed by atoms with Gasteiger partial charge >= 0.3 is 0 Å². The molecule has 0 aliphatic carbocycles. The lowest BCUT2D eigenvalue weighted by Crippen LogP contribution is -2.64. The van der Waals surface area contributed by atoms with Gasteiger partial charge in [-0.15, -0.1) is 0 Å². The summed E-state index contributed by atoms with van der Waals surface area (Å²) in [5, 5.41) is 0.111. The number of piperazine rings is 1. The highest BCUT2D eigenvalue weighted by atomic mass is 32.2. The first-order valence-corrected chi connectivity index (χ1v) is 10.1. The molecule has 2 aromatic rings. The van der Waals surface area contributed by atoms with Crippen molar-refractivity contribution in [3.63, 3.8) is 0 Å². The Hall–Kier alpha value is -1.97. The molecule has 0 N–H and O–H groups in total. The summed E-state index contributed by atoms with van der Waals surface area (Å²) in [5.41, 5.74) is 1.03. The van der Waals surface area contributed by atoms with Gasteiger partial charge in [-0.05, 0) is 24.3 Å². The number of anilines is 1. The minimum Gasteiger partial charge on any atom is -0.369 e. The average Bonchev–Trinajstić information content (AvgIpc) is 3.02. The highest BCUT2D eigenvalue weighted by molar-refractivity contribution is 7.89. The predicted octanol–water partition coefficient (Wildman–Crippen LogP) is 0.754. The summed E-state index contributed by atoms with van der Waals surface area (Å²) in [6, 6.07) is 6.82. The highest BCUT2D eigenvalue weighted by Crippen LogP contribution is 2.25. The van der Waals surface area contributed by atoms with Gasteiger partial charge in [0.1, 0.15) is 5.82 Å². The van der Waals surface area contributed by atoms with Crippen molar-refractivity contribution in [2.75, 3.05) is 44.2 Å². The Morgan fingerprint density at radius 2 is 1.73 bits per heavy atom. The Morgan fingerprint density at radius 3 is 2.31 bits per heavy atom. The van der Waals surface area contributed by atoms with Gasteiger partial charge in [-0.3, -0.25) is 4.90 Å². The third-order valence-corrected chi connectivity index (χ3v) is 6.85. The Labute approximate surface area is 152 Å². The van der Waals surface area contributed by atoms with Crippen LogP contribution in [0, 0.1) is 5.82 Å². The first-order valence-electron chi connectivity index (χ1n) is 8.66. The van der Waals surface area contributed by atoms with Crippen molar-refractivity contribution in [1.29, 1.82) is 0 Å². The van der Waals surface area contributed by atoms with E-state index in [0.717, 1.165) is 31.9 Å². The number of benzene rings is 1. The first kappa shape index (κ1) is 17.4. The number of halogens is 1. The standard InChI is InChI=1S/C17H22FN5O2S/c1-20-12-17(19-13-20)26(24,25)23-10-16(11-23)22-8-6-21(7-9-22)15-4-2-14(18)3-5-15/h2-5,12-13,16H,6-11H2,1H3. The molecule has 4 rings (SSSR count). The Balaban J connectivity index is 1.31. The molecule has 0 atom stereocenters. The normalized spacial score (nSPS) is 20.3. The second-order valence-corrected chi connectivity index (χ2v) is 8.74. The van der Waals surface area contributed by atoms with E-state index in [9.17, 15) is 12.8 Å². The van der Waals surface area contributed by atoms with Crippen LogP contribution in [-0.4, -0.2) is 72.5 Å². The number of aryl methyl sites for hydroxylation is 1. The number of hydrogen-bond donors (Lipinski definition) is 0. The van der Waals surface area contributed by atoms with Crippen molar-refractivity contribution in [1.82, 2.24) is 18.8 Å². The fraction of sp³-hybridized carbons (Fsp3) is 0.471. The molecule has 7 nitrogen and oxygen atoms in total. The molecule has 3 heterocycles. The quantitative estimate of drug-likeness (QED) is 0.785. The van der Waals surface area contributed by atoms with E-state index in [1.807, 2.05) is 0 Å². The summed E-state index contributed by atoms with van der Waals surface area (Å²) < 4.78 is 41.2. The van der Waals surface area contributed by atoms with E-state index in [0.29, 0.717) is 13.1 Å². The monoisotopic (exact) mass is 379 g/mol. The summed E-state index contributed by atoms with van der Waals surface area (Å²) in [6.07, 6.45) is 3.03. The molecule has 9 heteroatoms. The lowest BCUT2D eigenvalue weighted by atomic mass is 10.1. The van der Waals surface area contributed by atoms with Crippen LogP contribution in [0.2, 0.25) is 0 Å². The maximum absolute atomic E-state index is 13.0. The Morgan fingerprint density at radius 1 is 1.08 bits per heavy atom. The third kappa shape index (κ3) is 3.22. The molecule has 2 aliphatic heterocycles. The maximum atomic E-state index is 13.0. The maximum Gasteiger partial charge on any atom is 0.262 e. The summed E-state index contributed by atoms with van der Waals surface area (Å²) in [5.74, 6) is -0.226. The van der Waals surface area contributed by atoms with Crippen LogP contribution in [-0.2, 0) is 17.1 Å². The lowest BCUT2D eigenvalue weighted by Gasteiger charge is -2.47. The number of nitrogens with zero attached hydrogens (tertiary/aromatic N) is 5. The van der Waals surface area contributed by atoms with Gasteiger partial charge < -0.3 is 9.47 Å². The van der Waals surface area contributed by atoms with E-state index in [1.54, 1.807) is 23.7 Å². The van der Waals surface area contributed by atoms with Gasteiger partial charge in [0.25, 0.3) is 10.0 Å². The Bertz CT molecular complexity index is 869. The molecule has 1 aromatic carbocycles. The largest absolute Gasteiger partial charge is 0.369 e. The summed E-state index contributed by atoms with van der Waals surface area (Å²) in [6.45, 7) is 4.48. The molecule has 140 valence electrons. The predicted molar refractivity (Wildman–Crippen MR) is 95.9 cm³/mol. The van der Waals surface area contributed by atoms with Crippen molar-refractivity contribution >= 4 is 15.7 Å². The van der Waals surface area contributed by atoms with Crippen LogP contribution in [0.5, 0.6) is 0 Å². The van der Waals surface area contributed by atoms with E-state index in [-0.39, 0.29) is 16.9 Å². The minimum atomic E-state index is -3.48. The molecular formula is C17H22FN5O2S. The number of aromatic nitrogens is 2. The molecule has 0 amide bonds. The van der Waals surface area contributed by atoms with Gasteiger partial charge in [-0.1, -0.05) is 0 Å². The van der Waals surface area contributed by atoms with Gasteiger partial charge in [0.05, 0.1) is 6.33 Å². The topological polar surface area (TPSA) is 61.7 Å². The Kier molecular flexibility index (Phi) is 4.45. The van der Waals surface area contributed by atoms with E-state index in [4.69, 9.17) is 0 Å². The lowest BCUT2D eigenvalue weighted by molar-refractivity contribution is 0.0827. The van der Waals surface area contributed by atoms with E-state index in [1.165, 1.54) is 29.0 Å². The molecule has 2 fully saturated rings. The average molecular weight is 379 g/mol. The van der Waals surface area contributed by atoms with Gasteiger partial charge in [-0.2, -0.15) is 4.31 Å². The second kappa shape index (κ2) is 6.64. The molecule has 2 aliphatic rings. The third-order valence-electron chi connectivity index (χ3n) is 5.14. The number of sulfonamides is 1. The zero-order valence-corrected chi connectivity index (χ0v) is 15.4. The van der Waals surface area contributed by atoms with Crippen molar-refractivity contribution in [3.8, 4) is 0 Å². The van der Waals surface area contributed by atoms with Crippen molar-refractivity contribution in [2.45, 2.75) is 11.1 Å². The fourth-order valence-corrected chi connectivity index (χ4v) is 4.98. The molecule has 26 heavy (non-hydrogen) atoms. The van der Waals surface area contributed by atoms with Gasteiger partial charge in [0.2, 0.25) is 0 Å². The van der Waals surface area contributed by atoms with Crippen LogP contribution in [0.15, 0.2) is 41.8 Å². The molecule has 0 unspecified atom stereocenters. The van der Waals surface area contributed by atoms with Gasteiger partial charge in [0, 0.05) is 64.2 Å².